The Labute approximate surface area is 146 Å². The molecule has 2 saturated heterocycles. The van der Waals surface area contributed by atoms with Crippen molar-refractivity contribution in [1.82, 2.24) is 4.90 Å². The molecule has 0 unspecified atom stereocenters. The van der Waals surface area contributed by atoms with Crippen LogP contribution in [0.1, 0.15) is 27.2 Å². The van der Waals surface area contributed by atoms with Crippen molar-refractivity contribution in [3.8, 4) is 0 Å². The molecule has 0 aliphatic carbocycles. The number of carbonyl (C=O) groups is 2. The molecule has 3 aliphatic rings. The first-order chi connectivity index (χ1) is 11.8. The molecule has 0 aromatic heterocycles. The fourth-order valence-corrected chi connectivity index (χ4v) is 3.70. The van der Waals surface area contributed by atoms with Crippen LogP contribution in [0.4, 0.5) is 0 Å². The lowest BCUT2D eigenvalue weighted by Gasteiger charge is -2.31. The van der Waals surface area contributed by atoms with Crippen LogP contribution in [0.15, 0.2) is 23.3 Å². The van der Waals surface area contributed by atoms with Gasteiger partial charge in [0.05, 0.1) is 6.04 Å². The van der Waals surface area contributed by atoms with Gasteiger partial charge in [0.25, 0.3) is 0 Å². The molecule has 0 aromatic carbocycles. The summed E-state index contributed by atoms with van der Waals surface area (Å²) < 4.78 is 11.0. The van der Waals surface area contributed by atoms with Crippen molar-refractivity contribution in [3.63, 3.8) is 0 Å². The van der Waals surface area contributed by atoms with Crippen molar-refractivity contribution < 1.29 is 29.3 Å². The van der Waals surface area contributed by atoms with Crippen molar-refractivity contribution >= 4 is 11.9 Å². The highest BCUT2D eigenvalue weighted by Crippen LogP contribution is 2.34. The molecule has 0 amide bonds. The monoisotopic (exact) mass is 351 g/mol. The van der Waals surface area contributed by atoms with Gasteiger partial charge in [0.15, 0.2) is 5.60 Å². The van der Waals surface area contributed by atoms with E-state index < -0.39 is 35.7 Å². The molecule has 3 rings (SSSR count). The number of carbonyl (C=O) groups excluding carboxylic acids is 2. The van der Waals surface area contributed by atoms with Gasteiger partial charge in [-0.1, -0.05) is 19.1 Å². The van der Waals surface area contributed by atoms with Crippen LogP contribution in [0.25, 0.3) is 0 Å². The SMILES string of the molecule is C/C=C1\C[C@H](C)[C@@](C)(O)C(=O)OCC2=CCN3C[C@@H](O)[C@@H](OC1=O)[C@H]23. The maximum atomic E-state index is 12.6. The molecule has 7 heteroatoms. The van der Waals surface area contributed by atoms with Crippen molar-refractivity contribution in [1.29, 1.82) is 0 Å². The fraction of sp³-hybridized carbons (Fsp3) is 0.667. The third kappa shape index (κ3) is 3.12. The van der Waals surface area contributed by atoms with Gasteiger partial charge in [-0.05, 0) is 31.8 Å². The summed E-state index contributed by atoms with van der Waals surface area (Å²) in [5.41, 5.74) is -0.551. The van der Waals surface area contributed by atoms with Gasteiger partial charge in [0, 0.05) is 18.7 Å². The molecule has 0 aromatic rings. The van der Waals surface area contributed by atoms with E-state index in [1.54, 1.807) is 19.9 Å². The summed E-state index contributed by atoms with van der Waals surface area (Å²) in [5, 5.41) is 20.9. The van der Waals surface area contributed by atoms with Gasteiger partial charge in [-0.3, -0.25) is 4.90 Å². The molecule has 0 saturated carbocycles. The Hall–Kier alpha value is -1.70. The third-order valence-corrected chi connectivity index (χ3v) is 5.60. The van der Waals surface area contributed by atoms with E-state index in [1.165, 1.54) is 6.92 Å². The van der Waals surface area contributed by atoms with Crippen LogP contribution < -0.4 is 0 Å². The van der Waals surface area contributed by atoms with E-state index in [0.29, 0.717) is 18.7 Å². The van der Waals surface area contributed by atoms with E-state index in [1.807, 2.05) is 11.0 Å². The molecule has 0 bridgehead atoms. The van der Waals surface area contributed by atoms with Crippen LogP contribution in [0.5, 0.6) is 0 Å². The highest BCUT2D eigenvalue weighted by Gasteiger charge is 2.49. The molecule has 0 radical (unpaired) electrons. The number of aliphatic hydroxyl groups is 2. The summed E-state index contributed by atoms with van der Waals surface area (Å²) in [6.45, 7) is 5.82. The fourth-order valence-electron chi connectivity index (χ4n) is 3.70. The Morgan fingerprint density at radius 2 is 2.12 bits per heavy atom. The van der Waals surface area contributed by atoms with Crippen LogP contribution in [-0.4, -0.2) is 70.6 Å². The maximum Gasteiger partial charge on any atom is 0.338 e. The Balaban J connectivity index is 1.94. The zero-order chi connectivity index (χ0) is 18.4. The first kappa shape index (κ1) is 18.1. The summed E-state index contributed by atoms with van der Waals surface area (Å²) in [6.07, 6.45) is 2.25. The highest BCUT2D eigenvalue weighted by molar-refractivity contribution is 5.89. The standard InChI is InChI=1S/C18H25NO6/c1-4-11-7-10(2)18(3,23)17(22)24-9-12-5-6-19-8-13(20)15(14(12)19)25-16(11)21/h4-5,10,13-15,20,23H,6-9H2,1-3H3/b11-4+/t10-,13+,14-,15+,18+/m0/s1. The second-order valence-corrected chi connectivity index (χ2v) is 7.26. The van der Waals surface area contributed by atoms with Crippen LogP contribution in [0.2, 0.25) is 0 Å². The number of hydrogen-bond donors (Lipinski definition) is 2. The predicted molar refractivity (Wildman–Crippen MR) is 88.5 cm³/mol. The number of esters is 2. The molecule has 7 nitrogen and oxygen atoms in total. The number of ether oxygens (including phenoxy) is 2. The third-order valence-electron chi connectivity index (χ3n) is 5.60. The van der Waals surface area contributed by atoms with Crippen molar-refractivity contribution in [3.05, 3.63) is 23.3 Å². The predicted octanol–water partition coefficient (Wildman–Crippen LogP) is 0.164. The van der Waals surface area contributed by atoms with Gasteiger partial charge < -0.3 is 19.7 Å². The van der Waals surface area contributed by atoms with Crippen LogP contribution in [-0.2, 0) is 19.1 Å². The van der Waals surface area contributed by atoms with Crippen molar-refractivity contribution in [2.45, 2.75) is 51.0 Å². The molecule has 5 atom stereocenters. The van der Waals surface area contributed by atoms with E-state index in [-0.39, 0.29) is 19.1 Å². The summed E-state index contributed by atoms with van der Waals surface area (Å²) in [5.74, 6) is -1.76. The summed E-state index contributed by atoms with van der Waals surface area (Å²) in [7, 11) is 0. The Kier molecular flexibility index (Phi) is 4.74. The Morgan fingerprint density at radius 3 is 2.80 bits per heavy atom. The summed E-state index contributed by atoms with van der Waals surface area (Å²) in [6, 6.07) is -0.299. The molecule has 25 heavy (non-hydrogen) atoms. The first-order valence-corrected chi connectivity index (χ1v) is 8.62. The van der Waals surface area contributed by atoms with Crippen LogP contribution >= 0.6 is 0 Å². The average molecular weight is 351 g/mol. The number of aliphatic hydroxyl groups excluding tert-OH is 1. The van der Waals surface area contributed by atoms with E-state index in [2.05, 4.69) is 0 Å². The zero-order valence-corrected chi connectivity index (χ0v) is 14.8. The van der Waals surface area contributed by atoms with E-state index in [9.17, 15) is 19.8 Å². The molecule has 3 aliphatic heterocycles. The summed E-state index contributed by atoms with van der Waals surface area (Å²) in [4.78, 5) is 26.9. The highest BCUT2D eigenvalue weighted by atomic mass is 16.6. The van der Waals surface area contributed by atoms with Gasteiger partial charge in [0.1, 0.15) is 18.8 Å². The number of allylic oxidation sites excluding steroid dienone is 1. The second-order valence-electron chi connectivity index (χ2n) is 7.26. The quantitative estimate of drug-likeness (QED) is 0.365. The topological polar surface area (TPSA) is 96.3 Å². The molecule has 0 spiro atoms. The van der Waals surface area contributed by atoms with Gasteiger partial charge in [-0.25, -0.2) is 9.59 Å². The number of cyclic esters (lactones) is 1. The average Bonchev–Trinajstić information content (AvgIpc) is 3.08. The molecule has 3 heterocycles. The van der Waals surface area contributed by atoms with Crippen molar-refractivity contribution in [2.24, 2.45) is 5.92 Å². The summed E-state index contributed by atoms with van der Waals surface area (Å²) >= 11 is 0. The minimum Gasteiger partial charge on any atom is -0.459 e. The van der Waals surface area contributed by atoms with E-state index in [0.717, 1.165) is 5.57 Å². The second kappa shape index (κ2) is 6.55. The molecular weight excluding hydrogens is 326 g/mol. The number of nitrogens with zero attached hydrogens (tertiary/aromatic N) is 1. The molecule has 138 valence electrons. The smallest absolute Gasteiger partial charge is 0.338 e. The molecule has 2 N–H and O–H groups in total. The van der Waals surface area contributed by atoms with Crippen LogP contribution in [0, 0.1) is 5.92 Å². The van der Waals surface area contributed by atoms with Gasteiger partial charge in [-0.15, -0.1) is 0 Å². The van der Waals surface area contributed by atoms with Gasteiger partial charge in [-0.2, -0.15) is 0 Å². The van der Waals surface area contributed by atoms with Gasteiger partial charge >= 0.3 is 11.9 Å². The molecule has 2 fully saturated rings. The Morgan fingerprint density at radius 1 is 1.40 bits per heavy atom. The van der Waals surface area contributed by atoms with E-state index in [4.69, 9.17) is 9.47 Å². The lowest BCUT2D eigenvalue weighted by molar-refractivity contribution is -0.169. The maximum absolute atomic E-state index is 12.6. The zero-order valence-electron chi connectivity index (χ0n) is 14.8. The first-order valence-electron chi connectivity index (χ1n) is 8.62. The minimum atomic E-state index is -1.71. The lowest BCUT2D eigenvalue weighted by Crippen LogP contribution is -2.45. The molecular formula is C18H25NO6. The normalized spacial score (nSPS) is 41.5. The van der Waals surface area contributed by atoms with Gasteiger partial charge in [0.2, 0.25) is 0 Å². The number of rotatable bonds is 0. The number of hydrogen-bond acceptors (Lipinski definition) is 7. The van der Waals surface area contributed by atoms with Crippen molar-refractivity contribution in [2.75, 3.05) is 19.7 Å². The van der Waals surface area contributed by atoms with E-state index >= 15 is 0 Å². The minimum absolute atomic E-state index is 0.0140. The van der Waals surface area contributed by atoms with Crippen LogP contribution in [0.3, 0.4) is 0 Å². The largest absolute Gasteiger partial charge is 0.459 e. The Bertz CT molecular complexity index is 637. The lowest BCUT2D eigenvalue weighted by atomic mass is 9.85.